The standard InChI is InChI=1S/C15H21NO2.C10H12O2.C7H17NO2.2CH3.3HI.2V/c1-6-14(11(2)15(17)16(3)4)12-8-7-9-13(10-12)18-5;1-12-10-6-2-4-9(8-10)5-3-7-11;1-6-7(9-4,10-5)8(2)3;;;;;;;/h6-11,14H,1H2,2-5H3;2-6,8,11H,7H2,1H3;6H2,1-5H3;2*1H3;3*1H;;/q;;;2*-1;;;;;+3/p-3/b;5-3+;;;;;;;;/t11-,14-;;;;;;;;;/m1........./s1. The van der Waals surface area contributed by atoms with E-state index in [4.69, 9.17) is 24.1 Å². The van der Waals surface area contributed by atoms with Gasteiger partial charge < -0.3 is 43.8 Å². The first-order valence-electron chi connectivity index (χ1n) is 13.7. The Kier molecular flexibility index (Phi) is 40.1. The molecule has 1 radical (unpaired) electrons. The average molecular weight is 1070 g/mol. The maximum absolute atomic E-state index is 12.0. The second kappa shape index (κ2) is 33.3. The van der Waals surface area contributed by atoms with E-state index in [1.165, 1.54) is 0 Å². The zero-order valence-electron chi connectivity index (χ0n) is 30.0. The molecule has 1 amide bonds. The summed E-state index contributed by atoms with van der Waals surface area (Å²) < 4.78 is 20.6. The monoisotopic (exact) mass is 1070 g/mol. The predicted molar refractivity (Wildman–Crippen MR) is 219 cm³/mol. The van der Waals surface area contributed by atoms with Crippen molar-refractivity contribution in [1.29, 1.82) is 0 Å². The normalized spacial score (nSPS) is 11.3. The third kappa shape index (κ3) is 24.1. The molecule has 0 aliphatic carbocycles. The number of rotatable bonds is 12. The quantitative estimate of drug-likeness (QED) is 0.0986. The molecule has 2 atom stereocenters. The smallest absolute Gasteiger partial charge is 0 e. The van der Waals surface area contributed by atoms with E-state index in [2.05, 4.69) is 66.5 Å². The van der Waals surface area contributed by atoms with Crippen LogP contribution in [-0.2, 0) is 37.7 Å². The van der Waals surface area contributed by atoms with Gasteiger partial charge in [-0.3, -0.25) is 9.69 Å². The van der Waals surface area contributed by atoms with E-state index in [9.17, 15) is 4.79 Å². The predicted octanol–water partition coefficient (Wildman–Crippen LogP) is 8.85. The van der Waals surface area contributed by atoms with Crippen LogP contribution in [0.25, 0.3) is 6.08 Å². The number of ether oxygens (including phenoxy) is 4. The van der Waals surface area contributed by atoms with Gasteiger partial charge in [0.25, 0.3) is 0 Å². The number of hydrogen-bond donors (Lipinski definition) is 1. The van der Waals surface area contributed by atoms with Gasteiger partial charge in [0.1, 0.15) is 11.5 Å². The van der Waals surface area contributed by atoms with Crippen molar-refractivity contribution in [2.75, 3.05) is 63.2 Å². The number of aliphatic hydroxyl groups excluding tert-OH is 1. The average Bonchev–Trinajstić information content (AvgIpc) is 3.01. The van der Waals surface area contributed by atoms with Gasteiger partial charge in [-0.2, -0.15) is 0 Å². The molecule has 271 valence electrons. The summed E-state index contributed by atoms with van der Waals surface area (Å²) in [4.78, 5) is 15.3. The summed E-state index contributed by atoms with van der Waals surface area (Å²) in [6.07, 6.45) is 6.17. The Morgan fingerprint density at radius 2 is 1.43 bits per heavy atom. The number of allylic oxidation sites excluding steroid dienone is 1. The van der Waals surface area contributed by atoms with Gasteiger partial charge in [-0.25, -0.2) is 0 Å². The first-order valence-corrected chi connectivity index (χ1v) is 27.2. The topological polar surface area (TPSA) is 80.7 Å². The van der Waals surface area contributed by atoms with E-state index >= 15 is 0 Å². The van der Waals surface area contributed by atoms with Crippen molar-refractivity contribution in [3.8, 4) is 11.5 Å². The summed E-state index contributed by atoms with van der Waals surface area (Å²) in [6.45, 7) is 7.86. The zero-order chi connectivity index (χ0) is 34.3. The molecule has 0 aliphatic heterocycles. The Hall–Kier alpha value is 0.189. The van der Waals surface area contributed by atoms with Gasteiger partial charge in [0.15, 0.2) is 0 Å². The van der Waals surface area contributed by atoms with Crippen LogP contribution in [0.2, 0.25) is 0 Å². The molecule has 0 aliphatic rings. The van der Waals surface area contributed by atoms with Crippen molar-refractivity contribution in [2.45, 2.75) is 32.1 Å². The Labute approximate surface area is 336 Å². The first-order chi connectivity index (χ1) is 20.7. The van der Waals surface area contributed by atoms with Crippen molar-refractivity contribution >= 4 is 71.9 Å². The minimum absolute atomic E-state index is 0. The molecule has 1 N–H and O–H groups in total. The number of aliphatic hydroxyl groups is 1. The molecule has 0 fully saturated rings. The van der Waals surface area contributed by atoms with Crippen LogP contribution in [0.15, 0.2) is 67.3 Å². The molecule has 0 saturated heterocycles. The van der Waals surface area contributed by atoms with Crippen molar-refractivity contribution in [2.24, 2.45) is 5.92 Å². The van der Waals surface area contributed by atoms with Crippen LogP contribution < -0.4 is 9.47 Å². The summed E-state index contributed by atoms with van der Waals surface area (Å²) in [6, 6.07) is 15.4. The maximum Gasteiger partial charge on any atom is 0 e. The molecular formula is C34H56I3N2O6V2-2. The van der Waals surface area contributed by atoms with Crippen molar-refractivity contribution < 1.29 is 52.3 Å². The molecule has 47 heavy (non-hydrogen) atoms. The third-order valence-electron chi connectivity index (χ3n) is 6.38. The fourth-order valence-corrected chi connectivity index (χ4v) is 4.03. The number of hydrogen-bond acceptors (Lipinski definition) is 7. The molecule has 2 aromatic carbocycles. The van der Waals surface area contributed by atoms with Crippen molar-refractivity contribution in [3.05, 3.63) is 93.2 Å². The molecule has 0 saturated carbocycles. The SMILES string of the molecule is C=C[C@@H](c1cccc(OC)c1)[C@@H](C)C(=O)N(C)C.CCC(OC)(OC)N(C)C.COc1cccc(/C=C/CO)c1.[CH3-].[CH3-].[I][V]([I])[I].[V]. The maximum atomic E-state index is 12.0. The minimum Gasteiger partial charge on any atom is 0 e. The third-order valence-corrected chi connectivity index (χ3v) is 6.38. The first kappa shape index (κ1) is 56.6. The van der Waals surface area contributed by atoms with Crippen LogP contribution in [0.5, 0.6) is 11.5 Å². The molecule has 2 rings (SSSR count). The summed E-state index contributed by atoms with van der Waals surface area (Å²) in [7, 11) is 14.0. The number of benzene rings is 2. The molecule has 0 bridgehead atoms. The number of halogens is 3. The Morgan fingerprint density at radius 1 is 0.957 bits per heavy atom. The molecule has 0 heterocycles. The van der Waals surface area contributed by atoms with Crippen LogP contribution in [-0.4, -0.2) is 90.0 Å². The van der Waals surface area contributed by atoms with E-state index in [1.54, 1.807) is 53.5 Å². The number of amides is 1. The minimum atomic E-state index is -0.542. The van der Waals surface area contributed by atoms with Crippen LogP contribution in [0.1, 0.15) is 37.3 Å². The Bertz CT molecular complexity index is 1080. The molecule has 0 aromatic heterocycles. The second-order valence-electron chi connectivity index (χ2n) is 9.48. The summed E-state index contributed by atoms with van der Waals surface area (Å²) >= 11 is 7.39. The van der Waals surface area contributed by atoms with Gasteiger partial charge in [-0.1, -0.05) is 56.3 Å². The number of nitrogens with zero attached hydrogens (tertiary/aromatic N) is 2. The van der Waals surface area contributed by atoms with E-state index in [1.807, 2.05) is 93.5 Å². The summed E-state index contributed by atoms with van der Waals surface area (Å²) in [5.41, 5.74) is 2.08. The van der Waals surface area contributed by atoms with Gasteiger partial charge in [-0.15, -0.1) is 6.58 Å². The molecule has 8 nitrogen and oxygen atoms in total. The molecular weight excluding hydrogens is 1010 g/mol. The van der Waals surface area contributed by atoms with Gasteiger partial charge in [0.2, 0.25) is 11.8 Å². The van der Waals surface area contributed by atoms with Gasteiger partial charge in [0, 0.05) is 65.1 Å². The zero-order valence-corrected chi connectivity index (χ0v) is 39.3. The van der Waals surface area contributed by atoms with Crippen molar-refractivity contribution in [1.82, 2.24) is 9.80 Å². The second-order valence-corrected chi connectivity index (χ2v) is 44.9. The number of carbonyl (C=O) groups excluding carboxylic acids is 1. The van der Waals surface area contributed by atoms with E-state index in [0.717, 1.165) is 29.0 Å². The van der Waals surface area contributed by atoms with Crippen LogP contribution in [0.4, 0.5) is 0 Å². The van der Waals surface area contributed by atoms with Crippen LogP contribution in [0, 0.1) is 20.8 Å². The molecule has 0 spiro atoms. The van der Waals surface area contributed by atoms with E-state index in [-0.39, 0.29) is 62.7 Å². The number of methoxy groups -OCH3 is 4. The summed E-state index contributed by atoms with van der Waals surface area (Å²) in [5.74, 6) is 1.04. The van der Waals surface area contributed by atoms with E-state index in [0.29, 0.717) is 0 Å². The van der Waals surface area contributed by atoms with Gasteiger partial charge in [-0.05, 0) is 49.5 Å². The Balaban J connectivity index is -0.000000179. The van der Waals surface area contributed by atoms with Gasteiger partial charge >= 0.3 is 64.9 Å². The Morgan fingerprint density at radius 3 is 1.77 bits per heavy atom. The molecule has 2 aromatic rings. The number of carbonyl (C=O) groups is 1. The van der Waals surface area contributed by atoms with E-state index < -0.39 is 5.91 Å². The fourth-order valence-electron chi connectivity index (χ4n) is 4.03. The van der Waals surface area contributed by atoms with Gasteiger partial charge in [0.05, 0.1) is 20.8 Å². The fraction of sp³-hybridized carbons (Fsp3) is 0.441. The molecule has 13 heteroatoms. The van der Waals surface area contributed by atoms with Crippen LogP contribution >= 0.6 is 59.9 Å². The van der Waals surface area contributed by atoms with Crippen LogP contribution in [0.3, 0.4) is 0 Å². The molecule has 0 unspecified atom stereocenters. The summed E-state index contributed by atoms with van der Waals surface area (Å²) in [5, 5.41) is 8.54. The van der Waals surface area contributed by atoms with Crippen molar-refractivity contribution in [3.63, 3.8) is 0 Å². The largest absolute Gasteiger partial charge is 0 e.